The summed E-state index contributed by atoms with van der Waals surface area (Å²) in [4.78, 5) is 18.6. The van der Waals surface area contributed by atoms with Crippen molar-refractivity contribution in [1.82, 2.24) is 0 Å². The fraction of sp³-hybridized carbons (Fsp3) is 0. The first kappa shape index (κ1) is 13.1. The summed E-state index contributed by atoms with van der Waals surface area (Å²) in [6.07, 6.45) is 2.32. The maximum absolute atomic E-state index is 11.2. The minimum atomic E-state index is -0.843. The molecule has 0 saturated heterocycles. The smallest absolute Gasteiger partial charge is 0.270 e. The van der Waals surface area contributed by atoms with Gasteiger partial charge in [0.15, 0.2) is 11.4 Å². The predicted molar refractivity (Wildman–Crippen MR) is 68.5 cm³/mol. The molecule has 1 aromatic rings. The number of nitriles is 1. The lowest BCUT2D eigenvalue weighted by molar-refractivity contribution is -0.114. The Balaban J connectivity index is 3.13. The first-order valence-corrected chi connectivity index (χ1v) is 4.96. The van der Waals surface area contributed by atoms with Crippen molar-refractivity contribution in [2.75, 3.05) is 0 Å². The highest BCUT2D eigenvalue weighted by molar-refractivity contribution is 5.96. The van der Waals surface area contributed by atoms with Crippen LogP contribution in [0.15, 0.2) is 51.7 Å². The number of carbonyl (C=O) groups excluding carboxylic acids is 1. The molecule has 1 amide bonds. The van der Waals surface area contributed by atoms with Crippen molar-refractivity contribution in [2.24, 2.45) is 21.5 Å². The summed E-state index contributed by atoms with van der Waals surface area (Å²) >= 11 is 0. The van der Waals surface area contributed by atoms with E-state index in [0.29, 0.717) is 0 Å². The second-order valence-corrected chi connectivity index (χ2v) is 3.12. The van der Waals surface area contributed by atoms with Crippen LogP contribution in [-0.2, 0) is 4.79 Å². The first-order valence-electron chi connectivity index (χ1n) is 4.96. The summed E-state index contributed by atoms with van der Waals surface area (Å²) in [5.74, 6) is -0.843. The molecule has 0 atom stereocenters. The van der Waals surface area contributed by atoms with Crippen LogP contribution >= 0.6 is 0 Å². The lowest BCUT2D eigenvalue weighted by Gasteiger charge is -1.97. The van der Waals surface area contributed by atoms with Crippen LogP contribution in [0.1, 0.15) is 5.56 Å². The number of nitrogens with zero attached hydrogens (tertiary/aromatic N) is 3. The molecule has 0 bridgehead atoms. The Bertz CT molecular complexity index is 552. The Hall–Kier alpha value is -2.94. The number of primary amides is 1. The summed E-state index contributed by atoms with van der Waals surface area (Å²) in [5, 5.41) is 8.81. The molecule has 0 aromatic heterocycles. The Morgan fingerprint density at radius 3 is 2.44 bits per heavy atom. The molecule has 1 aromatic carbocycles. The average Bonchev–Trinajstić information content (AvgIpc) is 2.38. The van der Waals surface area contributed by atoms with E-state index in [9.17, 15) is 4.79 Å². The van der Waals surface area contributed by atoms with Gasteiger partial charge in [-0.25, -0.2) is 9.98 Å². The molecule has 0 fully saturated rings. The van der Waals surface area contributed by atoms with Crippen molar-refractivity contribution in [2.45, 2.75) is 0 Å². The van der Waals surface area contributed by atoms with Crippen LogP contribution in [-0.4, -0.2) is 18.5 Å². The molecule has 0 radical (unpaired) electrons. The van der Waals surface area contributed by atoms with Gasteiger partial charge in [-0.2, -0.15) is 5.26 Å². The molecule has 0 unspecified atom stereocenters. The number of rotatable bonds is 4. The molecule has 1 rings (SSSR count). The number of aliphatic imine (C=N–C) groups is 2. The van der Waals surface area contributed by atoms with Gasteiger partial charge in [-0.05, 0) is 5.56 Å². The molecule has 0 aliphatic carbocycles. The fourth-order valence-electron chi connectivity index (χ4n) is 1.14. The SMILES string of the molecule is N#C/C(N=CN)=C(/N=Cc1ccccc1)C(N)=O. The topological polar surface area (TPSA) is 118 Å². The van der Waals surface area contributed by atoms with E-state index in [1.54, 1.807) is 18.2 Å². The third-order valence-corrected chi connectivity index (χ3v) is 1.91. The van der Waals surface area contributed by atoms with Crippen molar-refractivity contribution in [3.05, 3.63) is 47.3 Å². The number of amides is 1. The molecule has 0 saturated carbocycles. The van der Waals surface area contributed by atoms with Crippen LogP contribution in [0.5, 0.6) is 0 Å². The molecule has 90 valence electrons. The number of hydrogen-bond acceptors (Lipinski definition) is 4. The Kier molecular flexibility index (Phi) is 4.81. The molecular weight excluding hydrogens is 230 g/mol. The third kappa shape index (κ3) is 3.57. The van der Waals surface area contributed by atoms with Crippen LogP contribution in [0, 0.1) is 11.3 Å². The van der Waals surface area contributed by atoms with Gasteiger partial charge in [0.25, 0.3) is 5.91 Å². The fourth-order valence-corrected chi connectivity index (χ4v) is 1.14. The summed E-state index contributed by atoms with van der Waals surface area (Å²) in [5.41, 5.74) is 10.5. The average molecular weight is 241 g/mol. The van der Waals surface area contributed by atoms with E-state index in [-0.39, 0.29) is 11.4 Å². The van der Waals surface area contributed by atoms with E-state index in [1.165, 1.54) is 6.21 Å². The highest BCUT2D eigenvalue weighted by Gasteiger charge is 2.10. The minimum absolute atomic E-state index is 0.225. The highest BCUT2D eigenvalue weighted by Crippen LogP contribution is 2.06. The van der Waals surface area contributed by atoms with Crippen molar-refractivity contribution < 1.29 is 4.79 Å². The van der Waals surface area contributed by atoms with E-state index >= 15 is 0 Å². The maximum atomic E-state index is 11.2. The first-order chi connectivity index (χ1) is 8.69. The molecule has 0 heterocycles. The van der Waals surface area contributed by atoms with Gasteiger partial charge < -0.3 is 11.5 Å². The second kappa shape index (κ2) is 6.60. The Morgan fingerprint density at radius 2 is 1.94 bits per heavy atom. The number of carbonyl (C=O) groups is 1. The van der Waals surface area contributed by atoms with E-state index < -0.39 is 5.91 Å². The van der Waals surface area contributed by atoms with Crippen LogP contribution in [0.2, 0.25) is 0 Å². The summed E-state index contributed by atoms with van der Waals surface area (Å²) < 4.78 is 0. The highest BCUT2D eigenvalue weighted by atomic mass is 16.1. The Morgan fingerprint density at radius 1 is 1.28 bits per heavy atom. The van der Waals surface area contributed by atoms with Crippen LogP contribution in [0.4, 0.5) is 0 Å². The van der Waals surface area contributed by atoms with Gasteiger partial charge in [-0.15, -0.1) is 0 Å². The minimum Gasteiger partial charge on any atom is -0.390 e. The Labute approximate surface area is 104 Å². The summed E-state index contributed by atoms with van der Waals surface area (Å²) in [6, 6.07) is 10.8. The normalized spacial score (nSPS) is 12.4. The molecule has 0 aliphatic heterocycles. The molecular formula is C12H11N5O. The number of hydrogen-bond donors (Lipinski definition) is 2. The van der Waals surface area contributed by atoms with Gasteiger partial charge in [0, 0.05) is 6.21 Å². The zero-order chi connectivity index (χ0) is 13.4. The maximum Gasteiger partial charge on any atom is 0.270 e. The largest absolute Gasteiger partial charge is 0.390 e. The van der Waals surface area contributed by atoms with Gasteiger partial charge in [0.05, 0.1) is 6.34 Å². The van der Waals surface area contributed by atoms with E-state index in [0.717, 1.165) is 11.9 Å². The van der Waals surface area contributed by atoms with Gasteiger partial charge >= 0.3 is 0 Å². The van der Waals surface area contributed by atoms with Gasteiger partial charge in [-0.3, -0.25) is 4.79 Å². The van der Waals surface area contributed by atoms with Crippen LogP contribution in [0.25, 0.3) is 0 Å². The molecule has 6 nitrogen and oxygen atoms in total. The summed E-state index contributed by atoms with van der Waals surface area (Å²) in [6.45, 7) is 0. The van der Waals surface area contributed by atoms with Crippen molar-refractivity contribution in [3.63, 3.8) is 0 Å². The van der Waals surface area contributed by atoms with E-state index in [2.05, 4.69) is 9.98 Å². The summed E-state index contributed by atoms with van der Waals surface area (Å²) in [7, 11) is 0. The third-order valence-electron chi connectivity index (χ3n) is 1.91. The van der Waals surface area contributed by atoms with Gasteiger partial charge in [0.1, 0.15) is 6.07 Å². The van der Waals surface area contributed by atoms with Gasteiger partial charge in [-0.1, -0.05) is 30.3 Å². The van der Waals surface area contributed by atoms with Crippen molar-refractivity contribution in [1.29, 1.82) is 5.26 Å². The number of allylic oxidation sites excluding steroid dienone is 1. The number of nitrogens with two attached hydrogens (primary N) is 2. The lowest BCUT2D eigenvalue weighted by Crippen LogP contribution is -2.14. The van der Waals surface area contributed by atoms with Crippen LogP contribution < -0.4 is 11.5 Å². The van der Waals surface area contributed by atoms with Crippen molar-refractivity contribution in [3.8, 4) is 6.07 Å². The molecule has 0 spiro atoms. The quantitative estimate of drug-likeness (QED) is 0.342. The van der Waals surface area contributed by atoms with Crippen molar-refractivity contribution >= 4 is 18.5 Å². The van der Waals surface area contributed by atoms with Crippen LogP contribution in [0.3, 0.4) is 0 Å². The zero-order valence-electron chi connectivity index (χ0n) is 9.45. The monoisotopic (exact) mass is 241 g/mol. The second-order valence-electron chi connectivity index (χ2n) is 3.12. The van der Waals surface area contributed by atoms with E-state index in [1.807, 2.05) is 18.2 Å². The standard InChI is InChI=1S/C12H11N5O/c13-6-10(17-8-14)11(12(15)18)16-7-9-4-2-1-3-5-9/h1-5,7-8H,(H2,14,17)(H2,15,18)/b11-10-,16-7?. The van der Waals surface area contributed by atoms with Gasteiger partial charge in [0.2, 0.25) is 0 Å². The lowest BCUT2D eigenvalue weighted by atomic mass is 10.2. The predicted octanol–water partition coefficient (Wildman–Crippen LogP) is 0.313. The molecule has 18 heavy (non-hydrogen) atoms. The molecule has 4 N–H and O–H groups in total. The van der Waals surface area contributed by atoms with E-state index in [4.69, 9.17) is 16.7 Å². The number of benzene rings is 1. The molecule has 6 heteroatoms. The zero-order valence-corrected chi connectivity index (χ0v) is 9.45. The molecule has 0 aliphatic rings.